The molecule has 236 valence electrons. The lowest BCUT2D eigenvalue weighted by atomic mass is 9.85. The molecule has 6 N–H and O–H groups in total. The van der Waals surface area contributed by atoms with Gasteiger partial charge in [0.2, 0.25) is 11.8 Å². The Bertz CT molecular complexity index is 1250. The number of aromatic nitrogens is 1. The molecule has 2 bridgehead atoms. The number of benzene rings is 1. The fourth-order valence-electron chi connectivity index (χ4n) is 6.90. The third-order valence-corrected chi connectivity index (χ3v) is 11.4. The van der Waals surface area contributed by atoms with Gasteiger partial charge >= 0.3 is 6.09 Å². The Hall–Kier alpha value is -2.61. The minimum Gasteiger partial charge on any atom is -0.481 e. The molecule has 1 saturated carbocycles. The second kappa shape index (κ2) is 14.0. The minimum absolute atomic E-state index is 0.0228. The number of methoxy groups -OCH3 is 1. The summed E-state index contributed by atoms with van der Waals surface area (Å²) in [5.41, 5.74) is 1.37. The zero-order valence-electron chi connectivity index (χ0n) is 24.3. The van der Waals surface area contributed by atoms with Gasteiger partial charge in [0.25, 0.3) is 0 Å². The number of halogens is 1. The van der Waals surface area contributed by atoms with Gasteiger partial charge in [0, 0.05) is 54.4 Å². The van der Waals surface area contributed by atoms with Crippen molar-refractivity contribution < 1.29 is 28.5 Å². The summed E-state index contributed by atoms with van der Waals surface area (Å²) in [4.78, 5) is 30.2. The summed E-state index contributed by atoms with van der Waals surface area (Å²) in [5.74, 6) is -0.0393. The number of rotatable bonds is 10. The Morgan fingerprint density at radius 1 is 1.12 bits per heavy atom. The van der Waals surface area contributed by atoms with Gasteiger partial charge in [-0.15, -0.1) is 10.8 Å². The van der Waals surface area contributed by atoms with Gasteiger partial charge < -0.3 is 25.8 Å². The van der Waals surface area contributed by atoms with Gasteiger partial charge in [-0.1, -0.05) is 36.2 Å². The van der Waals surface area contributed by atoms with Crippen molar-refractivity contribution in [1.29, 1.82) is 0 Å². The Kier molecular flexibility index (Phi) is 10.4. The number of carboxylic acid groups (broad SMARTS) is 1. The summed E-state index contributed by atoms with van der Waals surface area (Å²) >= 11 is 6.14. The first-order valence-corrected chi connectivity index (χ1v) is 17.0. The molecule has 1 aliphatic carbocycles. The lowest BCUT2D eigenvalue weighted by molar-refractivity contribution is -0.124. The zero-order chi connectivity index (χ0) is 30.6. The maximum absolute atomic E-state index is 13.9. The van der Waals surface area contributed by atoms with Crippen LogP contribution in [0.1, 0.15) is 62.0 Å². The van der Waals surface area contributed by atoms with Crippen molar-refractivity contribution in [3.8, 4) is 5.88 Å². The highest BCUT2D eigenvalue weighted by Gasteiger charge is 2.40. The largest absolute Gasteiger partial charge is 0.481 e. The van der Waals surface area contributed by atoms with Crippen molar-refractivity contribution in [2.75, 3.05) is 26.0 Å². The van der Waals surface area contributed by atoms with E-state index in [0.717, 1.165) is 44.9 Å². The number of carbonyl (C=O) groups is 2. The van der Waals surface area contributed by atoms with E-state index in [0.29, 0.717) is 40.9 Å². The van der Waals surface area contributed by atoms with E-state index in [9.17, 15) is 23.8 Å². The summed E-state index contributed by atoms with van der Waals surface area (Å²) in [5, 5.41) is 19.6. The number of nitrogens with one attached hydrogen (secondary N) is 3. The summed E-state index contributed by atoms with van der Waals surface area (Å²) in [7, 11) is -1.26. The molecule has 1 aromatic heterocycles. The van der Waals surface area contributed by atoms with Crippen molar-refractivity contribution in [3.63, 3.8) is 0 Å². The van der Waals surface area contributed by atoms with Crippen LogP contribution in [0.4, 0.5) is 4.79 Å². The third-order valence-electron chi connectivity index (χ3n) is 9.10. The Morgan fingerprint density at radius 3 is 2.58 bits per heavy atom. The molecule has 2 amide bonds. The molecule has 0 radical (unpaired) electrons. The molecular formula is C30H42ClN5O6S. The number of piperazine rings is 1. The maximum Gasteiger partial charge on any atom is 0.405 e. The fourth-order valence-corrected chi connectivity index (χ4v) is 8.89. The van der Waals surface area contributed by atoms with Crippen LogP contribution in [0.5, 0.6) is 5.88 Å². The maximum atomic E-state index is 13.9. The van der Waals surface area contributed by atoms with Gasteiger partial charge in [-0.25, -0.2) is 14.1 Å². The van der Waals surface area contributed by atoms with E-state index in [1.54, 1.807) is 42.6 Å². The second-order valence-corrected chi connectivity index (χ2v) is 14.4. The van der Waals surface area contributed by atoms with Crippen LogP contribution >= 0.6 is 22.4 Å². The number of amides is 2. The van der Waals surface area contributed by atoms with Crippen LogP contribution in [0.2, 0.25) is 5.02 Å². The van der Waals surface area contributed by atoms with Gasteiger partial charge in [0.05, 0.1) is 12.9 Å². The van der Waals surface area contributed by atoms with E-state index < -0.39 is 34.7 Å². The van der Waals surface area contributed by atoms with Crippen LogP contribution in [0, 0.1) is 5.92 Å². The number of pyridine rings is 1. The Morgan fingerprint density at radius 2 is 1.88 bits per heavy atom. The summed E-state index contributed by atoms with van der Waals surface area (Å²) < 4.78 is 28.8. The molecule has 3 heterocycles. The second-order valence-electron chi connectivity index (χ2n) is 11.8. The Labute approximate surface area is 259 Å². The van der Waals surface area contributed by atoms with Gasteiger partial charge in [-0.3, -0.25) is 13.9 Å². The number of fused-ring (bicyclic) bond motifs is 2. The van der Waals surface area contributed by atoms with Crippen LogP contribution in [0.25, 0.3) is 0 Å². The first-order chi connectivity index (χ1) is 20.6. The molecule has 3 fully saturated rings. The molecule has 3 aliphatic rings. The van der Waals surface area contributed by atoms with E-state index in [1.807, 2.05) is 4.31 Å². The Balaban J connectivity index is 1.32. The van der Waals surface area contributed by atoms with Crippen molar-refractivity contribution in [2.24, 2.45) is 5.92 Å². The van der Waals surface area contributed by atoms with E-state index in [-0.39, 0.29) is 24.0 Å². The average Bonchev–Trinajstić information content (AvgIpc) is 3.38. The lowest BCUT2D eigenvalue weighted by Gasteiger charge is -2.49. The van der Waals surface area contributed by atoms with E-state index in [2.05, 4.69) is 20.9 Å². The molecular weight excluding hydrogens is 594 g/mol. The van der Waals surface area contributed by atoms with Crippen molar-refractivity contribution >= 4 is 34.4 Å². The molecule has 7 atom stereocenters. The highest BCUT2D eigenvalue weighted by Crippen LogP contribution is 2.49. The van der Waals surface area contributed by atoms with E-state index in [4.69, 9.17) is 16.3 Å². The van der Waals surface area contributed by atoms with Crippen molar-refractivity contribution in [3.05, 3.63) is 58.7 Å². The normalized spacial score (nSPS) is 28.6. The van der Waals surface area contributed by atoms with E-state index >= 15 is 0 Å². The molecule has 2 saturated heterocycles. The molecule has 13 heteroatoms. The monoisotopic (exact) mass is 635 g/mol. The highest BCUT2D eigenvalue weighted by molar-refractivity contribution is 8.22. The van der Waals surface area contributed by atoms with Crippen LogP contribution < -0.4 is 20.7 Å². The van der Waals surface area contributed by atoms with Crippen LogP contribution in [-0.4, -0.2) is 85.6 Å². The quantitative estimate of drug-likeness (QED) is 0.218. The molecule has 1 aromatic carbocycles. The highest BCUT2D eigenvalue weighted by atomic mass is 35.5. The van der Waals surface area contributed by atoms with Crippen molar-refractivity contribution in [2.45, 2.75) is 75.0 Å². The molecule has 2 aromatic rings. The molecule has 43 heavy (non-hydrogen) atoms. The van der Waals surface area contributed by atoms with Crippen LogP contribution in [-0.2, 0) is 4.79 Å². The number of hydrogen-bond donors (Lipinski definition) is 6. The lowest BCUT2D eigenvalue weighted by Crippen LogP contribution is -2.56. The smallest absolute Gasteiger partial charge is 0.405 e. The summed E-state index contributed by atoms with van der Waals surface area (Å²) in [6, 6.07) is 9.54. The SMILES string of the molecule is COc1ccc([C@H](c2ccc(Cl)cc2)[C@H](NC(=O)O)C(=O)N[C@H]2CCC[C@@H]2CC[C@H]2CN[C@@H]3CCCS(O)(O)N2C3)cn1. The number of hydrogen-bond acceptors (Lipinski definition) is 8. The molecule has 1 unspecified atom stereocenters. The average molecular weight is 636 g/mol. The minimum atomic E-state index is -2.77. The first-order valence-electron chi connectivity index (χ1n) is 15.0. The molecule has 11 nitrogen and oxygen atoms in total. The summed E-state index contributed by atoms with van der Waals surface area (Å²) in [6.07, 6.45) is 6.36. The summed E-state index contributed by atoms with van der Waals surface area (Å²) in [6.45, 7) is 1.36. The molecule has 2 aliphatic heterocycles. The van der Waals surface area contributed by atoms with Crippen LogP contribution in [0.15, 0.2) is 42.6 Å². The topological polar surface area (TPSA) is 156 Å². The predicted molar refractivity (Wildman–Crippen MR) is 167 cm³/mol. The van der Waals surface area contributed by atoms with Gasteiger partial charge in [-0.2, -0.15) is 0 Å². The standard InChI is InChI=1S/C30H42ClN5O6S/c1-42-26-14-10-21(16-33-26)27(20-7-11-22(31)12-8-20)28(35-30(38)39)29(37)34-25-6-2-4-19(25)9-13-24-17-32-23-5-3-15-43(40,41)36(24)18-23/h7-8,10-12,14,16,19,23-25,27-28,32,35,40-41H,2-6,9,13,15,17-18H2,1H3,(H,34,37)(H,38,39)/t19-,23-,24+,25+,27+,28+/m1/s1. The van der Waals surface area contributed by atoms with Gasteiger partial charge in [0.1, 0.15) is 6.04 Å². The van der Waals surface area contributed by atoms with Crippen LogP contribution in [0.3, 0.4) is 0 Å². The fraction of sp³-hybridized carbons (Fsp3) is 0.567. The molecule has 5 rings (SSSR count). The van der Waals surface area contributed by atoms with Crippen molar-refractivity contribution in [1.82, 2.24) is 25.2 Å². The number of nitrogens with zero attached hydrogens (tertiary/aromatic N) is 2. The zero-order valence-corrected chi connectivity index (χ0v) is 25.9. The number of ether oxygens (including phenoxy) is 1. The number of carbonyl (C=O) groups excluding carboxylic acids is 1. The van der Waals surface area contributed by atoms with E-state index in [1.165, 1.54) is 7.11 Å². The molecule has 0 spiro atoms. The predicted octanol–water partition coefficient (Wildman–Crippen LogP) is 4.68. The first kappa shape index (κ1) is 31.8. The van der Waals surface area contributed by atoms with Gasteiger partial charge in [-0.05, 0) is 67.7 Å². The van der Waals surface area contributed by atoms with Gasteiger partial charge in [0.15, 0.2) is 0 Å². The third kappa shape index (κ3) is 7.73.